The second kappa shape index (κ2) is 6.09. The minimum absolute atomic E-state index is 0.0166. The highest BCUT2D eigenvalue weighted by atomic mass is 32.2. The molecular formula is C14H15NO4S. The Morgan fingerprint density at radius 2 is 2.05 bits per heavy atom. The number of likely N-dealkylation sites (tertiary alicyclic amines) is 1. The molecule has 1 fully saturated rings. The molecule has 1 N–H and O–H groups in total. The zero-order valence-electron chi connectivity index (χ0n) is 11.0. The summed E-state index contributed by atoms with van der Waals surface area (Å²) >= 11 is 1.38. The summed E-state index contributed by atoms with van der Waals surface area (Å²) in [6, 6.07) is 7.55. The molecule has 0 spiro atoms. The summed E-state index contributed by atoms with van der Waals surface area (Å²) in [4.78, 5) is 36.3. The first-order valence-corrected chi connectivity index (χ1v) is 7.46. The first-order valence-electron chi connectivity index (χ1n) is 6.18. The van der Waals surface area contributed by atoms with Crippen LogP contribution in [0.5, 0.6) is 0 Å². The minimum atomic E-state index is -1.38. The van der Waals surface area contributed by atoms with Crippen LogP contribution in [0, 0.1) is 0 Å². The zero-order valence-corrected chi connectivity index (χ0v) is 11.8. The number of hydrogen-bond donors (Lipinski definition) is 1. The van der Waals surface area contributed by atoms with E-state index in [0.717, 1.165) is 5.56 Å². The second-order valence-corrected chi connectivity index (χ2v) is 5.58. The quantitative estimate of drug-likeness (QED) is 0.629. The molecule has 1 aromatic carbocycles. The Bertz CT molecular complexity index is 531. The number of β-lactam (4-membered cyclic amide) rings is 1. The van der Waals surface area contributed by atoms with Crippen molar-refractivity contribution in [2.45, 2.75) is 24.3 Å². The molecule has 6 heteroatoms. The molecule has 1 aliphatic heterocycles. The van der Waals surface area contributed by atoms with Crippen LogP contribution in [0.25, 0.3) is 0 Å². The molecule has 2 unspecified atom stereocenters. The number of carbonyl (C=O) groups is 3. The molecule has 0 aliphatic carbocycles. The van der Waals surface area contributed by atoms with Gasteiger partial charge in [0.05, 0.1) is 11.8 Å². The highest BCUT2D eigenvalue weighted by Gasteiger charge is 2.46. The van der Waals surface area contributed by atoms with E-state index in [1.807, 2.05) is 6.07 Å². The Hall–Kier alpha value is -1.82. The van der Waals surface area contributed by atoms with Crippen molar-refractivity contribution in [1.82, 2.24) is 4.90 Å². The van der Waals surface area contributed by atoms with E-state index < -0.39 is 17.8 Å². The Morgan fingerprint density at radius 3 is 2.55 bits per heavy atom. The maximum absolute atomic E-state index is 12.2. The Labute approximate surface area is 121 Å². The van der Waals surface area contributed by atoms with E-state index in [9.17, 15) is 19.5 Å². The standard InChI is InChI=1S/C14H15NO4S/c1-20-12-8-11(17)15(12)13(14(18)19)10(16)7-9-5-3-2-4-6-9/h2-6,12-13H,7-8H2,1H3,(H,18,19). The van der Waals surface area contributed by atoms with Gasteiger partial charge >= 0.3 is 5.97 Å². The van der Waals surface area contributed by atoms with E-state index in [2.05, 4.69) is 0 Å². The topological polar surface area (TPSA) is 74.7 Å². The van der Waals surface area contributed by atoms with Gasteiger partial charge in [-0.15, -0.1) is 11.8 Å². The molecule has 5 nitrogen and oxygen atoms in total. The molecule has 2 rings (SSSR count). The van der Waals surface area contributed by atoms with E-state index >= 15 is 0 Å². The highest BCUT2D eigenvalue weighted by Crippen LogP contribution is 2.30. The van der Waals surface area contributed by atoms with E-state index in [4.69, 9.17) is 0 Å². The fourth-order valence-corrected chi connectivity index (χ4v) is 2.99. The fraction of sp³-hybridized carbons (Fsp3) is 0.357. The van der Waals surface area contributed by atoms with Crippen LogP contribution in [0.2, 0.25) is 0 Å². The van der Waals surface area contributed by atoms with Gasteiger partial charge in [-0.25, -0.2) is 4.79 Å². The summed E-state index contributed by atoms with van der Waals surface area (Å²) in [5, 5.41) is 9.05. The lowest BCUT2D eigenvalue weighted by atomic mass is 9.99. The first-order chi connectivity index (χ1) is 9.54. The number of carbonyl (C=O) groups excluding carboxylic acids is 2. The van der Waals surface area contributed by atoms with Crippen molar-refractivity contribution in [3.63, 3.8) is 0 Å². The molecular weight excluding hydrogens is 278 g/mol. The Morgan fingerprint density at radius 1 is 1.40 bits per heavy atom. The van der Waals surface area contributed by atoms with Crippen molar-refractivity contribution in [3.05, 3.63) is 35.9 Å². The average Bonchev–Trinajstić information content (AvgIpc) is 2.42. The summed E-state index contributed by atoms with van der Waals surface area (Å²) in [6.45, 7) is 0. The summed E-state index contributed by atoms with van der Waals surface area (Å²) in [5.74, 6) is -2.01. The van der Waals surface area contributed by atoms with Crippen molar-refractivity contribution < 1.29 is 19.5 Å². The number of benzene rings is 1. The molecule has 0 bridgehead atoms. The number of rotatable bonds is 6. The van der Waals surface area contributed by atoms with Crippen LogP contribution < -0.4 is 0 Å². The molecule has 1 aromatic rings. The number of Topliss-reactive ketones (excluding diaryl/α,β-unsaturated/α-hetero) is 1. The van der Waals surface area contributed by atoms with Gasteiger partial charge in [-0.3, -0.25) is 9.59 Å². The van der Waals surface area contributed by atoms with Crippen molar-refractivity contribution in [2.24, 2.45) is 0 Å². The number of nitrogens with zero attached hydrogens (tertiary/aromatic N) is 1. The molecule has 1 amide bonds. The second-order valence-electron chi connectivity index (χ2n) is 4.56. The van der Waals surface area contributed by atoms with Gasteiger partial charge in [-0.05, 0) is 11.8 Å². The van der Waals surface area contributed by atoms with Gasteiger partial charge in [0.2, 0.25) is 5.91 Å². The van der Waals surface area contributed by atoms with Crippen LogP contribution in [0.1, 0.15) is 12.0 Å². The van der Waals surface area contributed by atoms with Crippen LogP contribution in [-0.2, 0) is 20.8 Å². The van der Waals surface area contributed by atoms with Crippen molar-refractivity contribution in [3.8, 4) is 0 Å². The van der Waals surface area contributed by atoms with E-state index in [1.54, 1.807) is 30.5 Å². The summed E-state index contributed by atoms with van der Waals surface area (Å²) in [7, 11) is 0. The number of thioether (sulfide) groups is 1. The van der Waals surface area contributed by atoms with Gasteiger partial charge in [0.25, 0.3) is 0 Å². The fourth-order valence-electron chi connectivity index (χ4n) is 2.21. The molecule has 0 saturated carbocycles. The summed E-state index contributed by atoms with van der Waals surface area (Å²) in [6.07, 6.45) is 2.11. The number of carboxylic acid groups (broad SMARTS) is 1. The van der Waals surface area contributed by atoms with Crippen molar-refractivity contribution in [1.29, 1.82) is 0 Å². The van der Waals surface area contributed by atoms with Crippen LogP contribution in [0.15, 0.2) is 30.3 Å². The number of hydrogen-bond acceptors (Lipinski definition) is 4. The number of amides is 1. The molecule has 0 radical (unpaired) electrons. The lowest BCUT2D eigenvalue weighted by molar-refractivity contribution is -0.161. The van der Waals surface area contributed by atoms with E-state index in [-0.39, 0.29) is 17.7 Å². The summed E-state index contributed by atoms with van der Waals surface area (Å²) in [5.41, 5.74) is 0.748. The normalized spacial score (nSPS) is 19.4. The smallest absolute Gasteiger partial charge is 0.334 e. The number of ketones is 1. The molecule has 2 atom stereocenters. The molecule has 106 valence electrons. The van der Waals surface area contributed by atoms with E-state index in [1.165, 1.54) is 16.7 Å². The van der Waals surface area contributed by atoms with Gasteiger partial charge in [0.15, 0.2) is 11.8 Å². The third kappa shape index (κ3) is 2.85. The van der Waals surface area contributed by atoms with Crippen LogP contribution >= 0.6 is 11.8 Å². The maximum Gasteiger partial charge on any atom is 0.334 e. The van der Waals surface area contributed by atoms with Crippen LogP contribution in [0.3, 0.4) is 0 Å². The Kier molecular flexibility index (Phi) is 4.44. The SMILES string of the molecule is CSC1CC(=O)N1C(C(=O)O)C(=O)Cc1ccccc1. The largest absolute Gasteiger partial charge is 0.479 e. The van der Waals surface area contributed by atoms with Gasteiger partial charge < -0.3 is 10.0 Å². The molecule has 1 heterocycles. The predicted molar refractivity (Wildman–Crippen MR) is 75.3 cm³/mol. The summed E-state index contributed by atoms with van der Waals surface area (Å²) < 4.78 is 0. The van der Waals surface area contributed by atoms with Crippen LogP contribution in [-0.4, -0.2) is 45.3 Å². The molecule has 0 aromatic heterocycles. The van der Waals surface area contributed by atoms with Gasteiger partial charge in [-0.1, -0.05) is 30.3 Å². The lowest BCUT2D eigenvalue weighted by Crippen LogP contribution is -2.61. The van der Waals surface area contributed by atoms with Gasteiger partial charge in [-0.2, -0.15) is 0 Å². The van der Waals surface area contributed by atoms with Crippen molar-refractivity contribution in [2.75, 3.05) is 6.26 Å². The molecule has 1 saturated heterocycles. The first kappa shape index (κ1) is 14.6. The average molecular weight is 293 g/mol. The van der Waals surface area contributed by atoms with Crippen LogP contribution in [0.4, 0.5) is 0 Å². The lowest BCUT2D eigenvalue weighted by Gasteiger charge is -2.42. The van der Waals surface area contributed by atoms with E-state index in [0.29, 0.717) is 6.42 Å². The zero-order chi connectivity index (χ0) is 14.7. The third-order valence-corrected chi connectivity index (χ3v) is 4.20. The predicted octanol–water partition coefficient (Wildman–Crippen LogP) is 1.17. The number of carboxylic acids is 1. The molecule has 1 aliphatic rings. The highest BCUT2D eigenvalue weighted by molar-refractivity contribution is 7.99. The van der Waals surface area contributed by atoms with Crippen molar-refractivity contribution >= 4 is 29.4 Å². The van der Waals surface area contributed by atoms with Gasteiger partial charge in [0.1, 0.15) is 0 Å². The van der Waals surface area contributed by atoms with Gasteiger partial charge in [0, 0.05) is 6.42 Å². The minimum Gasteiger partial charge on any atom is -0.479 e. The number of aliphatic carboxylic acids is 1. The Balaban J connectivity index is 2.15. The monoisotopic (exact) mass is 293 g/mol. The third-order valence-electron chi connectivity index (χ3n) is 3.26. The maximum atomic E-state index is 12.2. The molecule has 20 heavy (non-hydrogen) atoms.